The van der Waals surface area contributed by atoms with Crippen LogP contribution in [0.5, 0.6) is 0 Å². The van der Waals surface area contributed by atoms with Crippen LogP contribution in [0.15, 0.2) is 212 Å². The summed E-state index contributed by atoms with van der Waals surface area (Å²) in [5.41, 5.74) is 15.5. The summed E-state index contributed by atoms with van der Waals surface area (Å²) in [5.74, 6) is 0. The molecule has 3 nitrogen and oxygen atoms in total. The lowest BCUT2D eigenvalue weighted by Crippen LogP contribution is -1.96. The highest BCUT2D eigenvalue weighted by atomic mass is 15.0. The minimum Gasteiger partial charge on any atom is -0.309 e. The Hall–Kier alpha value is -7.62. The number of nitrogens with zero attached hydrogens (tertiary/aromatic N) is 3. The average Bonchev–Trinajstić information content (AvgIpc) is 3.92. The molecule has 0 saturated heterocycles. The second-order valence-corrected chi connectivity index (χ2v) is 15.0. The number of benzene rings is 9. The zero-order chi connectivity index (χ0) is 37.5. The van der Waals surface area contributed by atoms with Gasteiger partial charge in [-0.3, -0.25) is 0 Å². The third-order valence-electron chi connectivity index (χ3n) is 11.8. The molecule has 0 aliphatic heterocycles. The second-order valence-electron chi connectivity index (χ2n) is 15.0. The molecule has 0 bridgehead atoms. The van der Waals surface area contributed by atoms with Gasteiger partial charge in [-0.15, -0.1) is 0 Å². The third-order valence-corrected chi connectivity index (χ3v) is 11.8. The molecule has 0 aliphatic carbocycles. The van der Waals surface area contributed by atoms with Gasteiger partial charge in [0.05, 0.1) is 33.1 Å². The summed E-state index contributed by atoms with van der Waals surface area (Å²) in [6.45, 7) is 0. The van der Waals surface area contributed by atoms with E-state index < -0.39 is 0 Å². The number of hydrogen-bond acceptors (Lipinski definition) is 0. The Morgan fingerprint density at radius 2 is 0.561 bits per heavy atom. The highest BCUT2D eigenvalue weighted by Crippen LogP contribution is 2.40. The van der Waals surface area contributed by atoms with E-state index in [0.717, 1.165) is 17.1 Å². The minimum atomic E-state index is 1.15. The van der Waals surface area contributed by atoms with E-state index in [1.807, 2.05) is 0 Å². The molecule has 0 unspecified atom stereocenters. The van der Waals surface area contributed by atoms with Gasteiger partial charge in [-0.25, -0.2) is 0 Å². The molecule has 0 amide bonds. The van der Waals surface area contributed by atoms with Crippen molar-refractivity contribution in [1.82, 2.24) is 13.7 Å². The number of aromatic nitrogens is 3. The molecule has 0 fully saturated rings. The molecule has 0 radical (unpaired) electrons. The smallest absolute Gasteiger partial charge is 0.0561 e. The zero-order valence-electron chi connectivity index (χ0n) is 31.0. The normalized spacial score (nSPS) is 11.9. The lowest BCUT2D eigenvalue weighted by Gasteiger charge is -2.11. The molecule has 0 N–H and O–H groups in total. The molecule has 57 heavy (non-hydrogen) atoms. The van der Waals surface area contributed by atoms with Gasteiger partial charge in [0.1, 0.15) is 0 Å². The summed E-state index contributed by atoms with van der Waals surface area (Å²) in [6, 6.07) is 77.4. The van der Waals surface area contributed by atoms with Crippen LogP contribution in [-0.4, -0.2) is 13.7 Å². The van der Waals surface area contributed by atoms with Crippen molar-refractivity contribution in [2.45, 2.75) is 0 Å². The Morgan fingerprint density at radius 1 is 0.193 bits per heavy atom. The first-order valence-electron chi connectivity index (χ1n) is 19.6. The zero-order valence-corrected chi connectivity index (χ0v) is 31.0. The Bertz CT molecular complexity index is 3490. The maximum atomic E-state index is 2.43. The van der Waals surface area contributed by atoms with Gasteiger partial charge in [0.15, 0.2) is 0 Å². The first-order chi connectivity index (χ1) is 28.3. The van der Waals surface area contributed by atoms with E-state index in [9.17, 15) is 0 Å². The molecule has 3 heterocycles. The van der Waals surface area contributed by atoms with E-state index in [1.165, 1.54) is 87.7 Å². The van der Waals surface area contributed by atoms with Crippen LogP contribution >= 0.6 is 0 Å². The van der Waals surface area contributed by atoms with Crippen LogP contribution in [0, 0.1) is 0 Å². The molecule has 12 rings (SSSR count). The molecule has 0 atom stereocenters. The lowest BCUT2D eigenvalue weighted by molar-refractivity contribution is 1.15. The fraction of sp³-hybridized carbons (Fsp3) is 0. The fourth-order valence-electron chi connectivity index (χ4n) is 9.25. The van der Waals surface area contributed by atoms with E-state index >= 15 is 0 Å². The molecule has 266 valence electrons. The maximum Gasteiger partial charge on any atom is 0.0561 e. The molecule has 3 heteroatoms. The summed E-state index contributed by atoms with van der Waals surface area (Å²) in [7, 11) is 0. The van der Waals surface area contributed by atoms with Gasteiger partial charge in [0.2, 0.25) is 0 Å². The predicted octanol–water partition coefficient (Wildman–Crippen LogP) is 14.3. The van der Waals surface area contributed by atoms with E-state index in [0.29, 0.717) is 0 Å². The number of fused-ring (bicyclic) bond motifs is 9. The Kier molecular flexibility index (Phi) is 6.93. The van der Waals surface area contributed by atoms with Gasteiger partial charge in [-0.2, -0.15) is 0 Å². The maximum absolute atomic E-state index is 2.43. The highest BCUT2D eigenvalue weighted by Gasteiger charge is 2.18. The van der Waals surface area contributed by atoms with Crippen molar-refractivity contribution in [2.24, 2.45) is 0 Å². The molecule has 3 aromatic heterocycles. The molecule has 0 spiro atoms. The van der Waals surface area contributed by atoms with Crippen LogP contribution in [0.3, 0.4) is 0 Å². The average molecular weight is 726 g/mol. The Labute approximate surface area is 329 Å². The second kappa shape index (κ2) is 12.5. The summed E-state index contributed by atoms with van der Waals surface area (Å²) >= 11 is 0. The summed E-state index contributed by atoms with van der Waals surface area (Å²) in [6.07, 6.45) is 0. The van der Waals surface area contributed by atoms with Gasteiger partial charge >= 0.3 is 0 Å². The Balaban J connectivity index is 1.00. The number of rotatable bonds is 5. The van der Waals surface area contributed by atoms with E-state index in [-0.39, 0.29) is 0 Å². The van der Waals surface area contributed by atoms with Crippen molar-refractivity contribution in [3.8, 4) is 39.3 Å². The first-order valence-corrected chi connectivity index (χ1v) is 19.6. The van der Waals surface area contributed by atoms with E-state index in [2.05, 4.69) is 226 Å². The van der Waals surface area contributed by atoms with Crippen LogP contribution in [-0.2, 0) is 0 Å². The van der Waals surface area contributed by atoms with Gasteiger partial charge in [0.25, 0.3) is 0 Å². The number of para-hydroxylation sites is 4. The van der Waals surface area contributed by atoms with Crippen LogP contribution in [0.1, 0.15) is 0 Å². The van der Waals surface area contributed by atoms with Gasteiger partial charge < -0.3 is 13.7 Å². The van der Waals surface area contributed by atoms with Crippen molar-refractivity contribution in [1.29, 1.82) is 0 Å². The summed E-state index contributed by atoms with van der Waals surface area (Å²) in [4.78, 5) is 0. The third kappa shape index (κ3) is 4.86. The quantitative estimate of drug-likeness (QED) is 0.168. The first kappa shape index (κ1) is 31.7. The van der Waals surface area contributed by atoms with Crippen molar-refractivity contribution >= 4 is 65.4 Å². The molecule has 0 saturated carbocycles. The van der Waals surface area contributed by atoms with E-state index in [1.54, 1.807) is 0 Å². The van der Waals surface area contributed by atoms with Crippen LogP contribution in [0.4, 0.5) is 0 Å². The molecular weight excluding hydrogens is 691 g/mol. The molecule has 9 aromatic carbocycles. The standard InChI is InChI=1S/C54H35N3/c1-3-13-36(14-4-1)37-23-27-41(28-24-37)55-50-21-11-8-18-44(50)47-33-38(25-31-52(47)55)39-26-32-53-48(34-39)45-19-9-12-22-51(45)57(53)42-29-30-46-43-17-7-10-20-49(43)56(54(46)35-42)40-15-5-2-6-16-40/h1-35H. The molecule has 0 aliphatic rings. The Morgan fingerprint density at radius 3 is 1.14 bits per heavy atom. The van der Waals surface area contributed by atoms with Crippen LogP contribution in [0.2, 0.25) is 0 Å². The van der Waals surface area contributed by atoms with Gasteiger partial charge in [-0.05, 0) is 101 Å². The van der Waals surface area contributed by atoms with Crippen molar-refractivity contribution in [3.05, 3.63) is 212 Å². The van der Waals surface area contributed by atoms with Crippen molar-refractivity contribution in [3.63, 3.8) is 0 Å². The molecular formula is C54H35N3. The van der Waals surface area contributed by atoms with Gasteiger partial charge in [0, 0.05) is 49.4 Å². The number of hydrogen-bond donors (Lipinski definition) is 0. The fourth-order valence-corrected chi connectivity index (χ4v) is 9.25. The minimum absolute atomic E-state index is 1.15. The van der Waals surface area contributed by atoms with Crippen molar-refractivity contribution in [2.75, 3.05) is 0 Å². The predicted molar refractivity (Wildman–Crippen MR) is 240 cm³/mol. The monoisotopic (exact) mass is 725 g/mol. The van der Waals surface area contributed by atoms with Gasteiger partial charge in [-0.1, -0.05) is 133 Å². The molecule has 12 aromatic rings. The summed E-state index contributed by atoms with van der Waals surface area (Å²) < 4.78 is 7.22. The largest absolute Gasteiger partial charge is 0.309 e. The van der Waals surface area contributed by atoms with E-state index in [4.69, 9.17) is 0 Å². The van der Waals surface area contributed by atoms with Crippen LogP contribution in [0.25, 0.3) is 105 Å². The highest BCUT2D eigenvalue weighted by molar-refractivity contribution is 6.14. The lowest BCUT2D eigenvalue weighted by atomic mass is 10.0. The van der Waals surface area contributed by atoms with Crippen LogP contribution < -0.4 is 0 Å². The van der Waals surface area contributed by atoms with Crippen molar-refractivity contribution < 1.29 is 0 Å². The SMILES string of the molecule is c1ccc(-c2ccc(-n3c4ccccc4c4cc(-c5ccc6c(c5)c5ccccc5n6-c5ccc6c7ccccc7n(-c7ccccc7)c6c5)ccc43)cc2)cc1. The summed E-state index contributed by atoms with van der Waals surface area (Å²) in [5, 5.41) is 7.50. The topological polar surface area (TPSA) is 14.8 Å².